The van der Waals surface area contributed by atoms with Gasteiger partial charge in [-0.25, -0.2) is 4.98 Å². The van der Waals surface area contributed by atoms with E-state index in [0.717, 1.165) is 6.42 Å². The lowest BCUT2D eigenvalue weighted by atomic mass is 9.82. The van der Waals surface area contributed by atoms with Crippen LogP contribution in [0.25, 0.3) is 0 Å². The fourth-order valence-electron chi connectivity index (χ4n) is 3.84. The standard InChI is InChI=1S/C21H30N4O5/c1-24(10-11-28-2)21(27)15-4-6-18(29-3)17(12-15)23-20(26)19-7-5-16(30-19)13-25-9-8-22-14-25/h5,7-9,14-15,17-18H,4,6,10-13H2,1-3H3,(H,23,26). The maximum Gasteiger partial charge on any atom is 0.287 e. The molecule has 1 aliphatic carbocycles. The Bertz CT molecular complexity index is 819. The molecule has 2 heterocycles. The van der Waals surface area contributed by atoms with Crippen LogP contribution in [0.1, 0.15) is 35.6 Å². The van der Waals surface area contributed by atoms with Gasteiger partial charge >= 0.3 is 0 Å². The Morgan fingerprint density at radius 1 is 1.33 bits per heavy atom. The van der Waals surface area contributed by atoms with Gasteiger partial charge in [0.15, 0.2) is 5.76 Å². The Morgan fingerprint density at radius 3 is 2.87 bits per heavy atom. The Morgan fingerprint density at radius 2 is 2.17 bits per heavy atom. The molecule has 0 radical (unpaired) electrons. The molecule has 0 saturated heterocycles. The van der Waals surface area contributed by atoms with Crippen LogP contribution < -0.4 is 5.32 Å². The van der Waals surface area contributed by atoms with Crippen molar-refractivity contribution in [2.75, 3.05) is 34.4 Å². The van der Waals surface area contributed by atoms with Crippen LogP contribution in [0.3, 0.4) is 0 Å². The highest BCUT2D eigenvalue weighted by atomic mass is 16.5. The van der Waals surface area contributed by atoms with Gasteiger partial charge in [0, 0.05) is 46.1 Å². The van der Waals surface area contributed by atoms with Gasteiger partial charge in [-0.15, -0.1) is 0 Å². The highest BCUT2D eigenvalue weighted by Gasteiger charge is 2.36. The molecule has 3 atom stereocenters. The molecule has 2 amide bonds. The number of ether oxygens (including phenoxy) is 2. The molecule has 0 bridgehead atoms. The van der Waals surface area contributed by atoms with Gasteiger partial charge in [-0.3, -0.25) is 9.59 Å². The van der Waals surface area contributed by atoms with Gasteiger partial charge in [0.2, 0.25) is 5.91 Å². The van der Waals surface area contributed by atoms with Crippen molar-refractivity contribution in [3.05, 3.63) is 42.4 Å². The molecule has 0 aromatic carbocycles. The lowest BCUT2D eigenvalue weighted by Gasteiger charge is -2.36. The second-order valence-electron chi connectivity index (χ2n) is 7.62. The summed E-state index contributed by atoms with van der Waals surface area (Å²) in [5, 5.41) is 3.00. The molecule has 1 N–H and O–H groups in total. The highest BCUT2D eigenvalue weighted by Crippen LogP contribution is 2.28. The maximum atomic E-state index is 12.8. The zero-order valence-electron chi connectivity index (χ0n) is 17.7. The summed E-state index contributed by atoms with van der Waals surface area (Å²) < 4.78 is 18.2. The number of nitrogens with one attached hydrogen (secondary N) is 1. The van der Waals surface area contributed by atoms with E-state index in [1.54, 1.807) is 50.8 Å². The predicted octanol–water partition coefficient (Wildman–Crippen LogP) is 1.54. The summed E-state index contributed by atoms with van der Waals surface area (Å²) in [7, 11) is 5.03. The third kappa shape index (κ3) is 5.48. The molecule has 9 heteroatoms. The minimum Gasteiger partial charge on any atom is -0.454 e. The summed E-state index contributed by atoms with van der Waals surface area (Å²) in [4.78, 5) is 31.2. The number of likely N-dealkylation sites (N-methyl/N-ethyl adjacent to an activating group) is 1. The molecule has 30 heavy (non-hydrogen) atoms. The van der Waals surface area contributed by atoms with E-state index in [0.29, 0.717) is 38.3 Å². The van der Waals surface area contributed by atoms with Gasteiger partial charge in [-0.05, 0) is 31.4 Å². The Hall–Kier alpha value is -2.65. The molecule has 0 spiro atoms. The van der Waals surface area contributed by atoms with Crippen LogP contribution in [0.5, 0.6) is 0 Å². The first-order valence-electron chi connectivity index (χ1n) is 10.1. The first-order chi connectivity index (χ1) is 14.5. The number of amides is 2. The molecule has 9 nitrogen and oxygen atoms in total. The number of imidazole rings is 1. The second-order valence-corrected chi connectivity index (χ2v) is 7.62. The average Bonchev–Trinajstić information content (AvgIpc) is 3.44. The van der Waals surface area contributed by atoms with Crippen molar-refractivity contribution in [1.82, 2.24) is 19.8 Å². The van der Waals surface area contributed by atoms with Crippen molar-refractivity contribution in [1.29, 1.82) is 0 Å². The SMILES string of the molecule is COCCN(C)C(=O)C1CCC(OC)C(NC(=O)c2ccc(Cn3ccnc3)o2)C1. The number of carbonyl (C=O) groups is 2. The van der Waals surface area contributed by atoms with Crippen molar-refractivity contribution >= 4 is 11.8 Å². The van der Waals surface area contributed by atoms with Crippen LogP contribution in [0.15, 0.2) is 35.3 Å². The summed E-state index contributed by atoms with van der Waals surface area (Å²) in [5.41, 5.74) is 0. The van der Waals surface area contributed by atoms with Gasteiger partial charge in [-0.1, -0.05) is 0 Å². The Labute approximate surface area is 176 Å². The summed E-state index contributed by atoms with van der Waals surface area (Å²) >= 11 is 0. The van der Waals surface area contributed by atoms with E-state index in [1.807, 2.05) is 10.8 Å². The maximum absolute atomic E-state index is 12.8. The number of hydrogen-bond donors (Lipinski definition) is 1. The number of aromatic nitrogens is 2. The fourth-order valence-corrected chi connectivity index (χ4v) is 3.84. The monoisotopic (exact) mass is 418 g/mol. The Kier molecular flexibility index (Phi) is 7.64. The van der Waals surface area contributed by atoms with E-state index >= 15 is 0 Å². The zero-order chi connectivity index (χ0) is 21.5. The van der Waals surface area contributed by atoms with Crippen molar-refractivity contribution < 1.29 is 23.5 Å². The molecule has 3 rings (SSSR count). The molecule has 1 aliphatic rings. The first kappa shape index (κ1) is 22.0. The predicted molar refractivity (Wildman–Crippen MR) is 109 cm³/mol. The minimum atomic E-state index is -0.306. The van der Waals surface area contributed by atoms with Crippen LogP contribution in [0.4, 0.5) is 0 Å². The topological polar surface area (TPSA) is 98.8 Å². The summed E-state index contributed by atoms with van der Waals surface area (Å²) in [6.07, 6.45) is 7.04. The number of nitrogens with zero attached hydrogens (tertiary/aromatic N) is 3. The second kappa shape index (κ2) is 10.4. The highest BCUT2D eigenvalue weighted by molar-refractivity contribution is 5.91. The molecular weight excluding hydrogens is 388 g/mol. The van der Waals surface area contributed by atoms with Crippen molar-refractivity contribution in [2.45, 2.75) is 38.0 Å². The van der Waals surface area contributed by atoms with Gasteiger partial charge in [0.05, 0.1) is 31.6 Å². The third-order valence-electron chi connectivity index (χ3n) is 5.55. The van der Waals surface area contributed by atoms with E-state index in [2.05, 4.69) is 10.3 Å². The number of hydrogen-bond acceptors (Lipinski definition) is 6. The number of carbonyl (C=O) groups excluding carboxylic acids is 2. The quantitative estimate of drug-likeness (QED) is 0.663. The van der Waals surface area contributed by atoms with Crippen LogP contribution in [0, 0.1) is 5.92 Å². The van der Waals surface area contributed by atoms with E-state index in [1.165, 1.54) is 0 Å². The fraction of sp³-hybridized carbons (Fsp3) is 0.571. The number of furan rings is 1. The van der Waals surface area contributed by atoms with Gasteiger partial charge in [-0.2, -0.15) is 0 Å². The van der Waals surface area contributed by atoms with Crippen LogP contribution >= 0.6 is 0 Å². The van der Waals surface area contributed by atoms with Crippen LogP contribution in [0.2, 0.25) is 0 Å². The molecule has 3 unspecified atom stereocenters. The van der Waals surface area contributed by atoms with E-state index in [-0.39, 0.29) is 35.6 Å². The van der Waals surface area contributed by atoms with Gasteiger partial charge in [0.1, 0.15) is 5.76 Å². The normalized spacial score (nSPS) is 21.4. The lowest BCUT2D eigenvalue weighted by molar-refractivity contribution is -0.137. The van der Waals surface area contributed by atoms with Crippen molar-refractivity contribution in [3.63, 3.8) is 0 Å². The number of methoxy groups -OCH3 is 2. The minimum absolute atomic E-state index is 0.0708. The van der Waals surface area contributed by atoms with Crippen molar-refractivity contribution in [3.8, 4) is 0 Å². The molecule has 2 aromatic heterocycles. The largest absolute Gasteiger partial charge is 0.454 e. The molecular formula is C21H30N4O5. The summed E-state index contributed by atoms with van der Waals surface area (Å²) in [6.45, 7) is 1.54. The molecule has 164 valence electrons. The molecule has 2 aromatic rings. The van der Waals surface area contributed by atoms with Gasteiger partial charge in [0.25, 0.3) is 5.91 Å². The van der Waals surface area contributed by atoms with Crippen molar-refractivity contribution in [2.24, 2.45) is 5.92 Å². The van der Waals surface area contributed by atoms with E-state index in [4.69, 9.17) is 13.9 Å². The summed E-state index contributed by atoms with van der Waals surface area (Å²) in [6, 6.07) is 3.18. The summed E-state index contributed by atoms with van der Waals surface area (Å²) in [5.74, 6) is 0.515. The van der Waals surface area contributed by atoms with Gasteiger partial charge < -0.3 is 28.7 Å². The lowest BCUT2D eigenvalue weighted by Crippen LogP contribution is -2.50. The molecule has 0 aliphatic heterocycles. The molecule has 1 fully saturated rings. The first-order valence-corrected chi connectivity index (χ1v) is 10.1. The third-order valence-corrected chi connectivity index (χ3v) is 5.55. The van der Waals surface area contributed by atoms with Crippen LogP contribution in [-0.4, -0.2) is 72.8 Å². The number of rotatable bonds is 9. The Balaban J connectivity index is 1.60. The van der Waals surface area contributed by atoms with Crippen LogP contribution in [-0.2, 0) is 20.8 Å². The zero-order valence-corrected chi connectivity index (χ0v) is 17.7. The smallest absolute Gasteiger partial charge is 0.287 e. The molecule has 1 saturated carbocycles. The van der Waals surface area contributed by atoms with E-state index in [9.17, 15) is 9.59 Å². The van der Waals surface area contributed by atoms with E-state index < -0.39 is 0 Å². The average molecular weight is 418 g/mol.